The Morgan fingerprint density at radius 1 is 0.966 bits per heavy atom. The third kappa shape index (κ3) is 3.25. The van der Waals surface area contributed by atoms with Crippen molar-refractivity contribution in [2.24, 2.45) is 0 Å². The van der Waals surface area contributed by atoms with E-state index >= 15 is 0 Å². The van der Waals surface area contributed by atoms with Crippen molar-refractivity contribution in [2.75, 3.05) is 6.61 Å². The SMILES string of the molecule is N#Cc1cccc2ccc3cc(O[C@@H]4O[C@H](CO)[C@@H](O)[C@H](O)[C@H]4O)cc(O)c3c12. The Morgan fingerprint density at radius 3 is 2.45 bits per heavy atom. The maximum atomic E-state index is 10.6. The van der Waals surface area contributed by atoms with Crippen LogP contribution in [0.2, 0.25) is 0 Å². The molecule has 0 unspecified atom stereocenters. The molecular weight excluding hydrogens is 378 g/mol. The highest BCUT2D eigenvalue weighted by molar-refractivity contribution is 6.13. The molecule has 0 amide bonds. The molecule has 0 bridgehead atoms. The van der Waals surface area contributed by atoms with Crippen LogP contribution in [0.1, 0.15) is 5.56 Å². The molecule has 150 valence electrons. The zero-order valence-electron chi connectivity index (χ0n) is 15.1. The Bertz CT molecular complexity index is 1110. The van der Waals surface area contributed by atoms with E-state index in [1.165, 1.54) is 6.07 Å². The number of phenols is 1. The van der Waals surface area contributed by atoms with Crippen LogP contribution in [0.3, 0.4) is 0 Å². The quantitative estimate of drug-likeness (QED) is 0.407. The molecule has 8 heteroatoms. The average Bonchev–Trinajstić information content (AvgIpc) is 2.73. The van der Waals surface area contributed by atoms with Gasteiger partial charge in [0, 0.05) is 16.8 Å². The lowest BCUT2D eigenvalue weighted by Crippen LogP contribution is -2.60. The second kappa shape index (κ2) is 7.48. The monoisotopic (exact) mass is 397 g/mol. The van der Waals surface area contributed by atoms with Gasteiger partial charge in [0.15, 0.2) is 0 Å². The molecule has 8 nitrogen and oxygen atoms in total. The van der Waals surface area contributed by atoms with E-state index in [2.05, 4.69) is 6.07 Å². The molecule has 0 aromatic heterocycles. The number of nitriles is 1. The molecule has 5 N–H and O–H groups in total. The lowest BCUT2D eigenvalue weighted by atomic mass is 9.97. The summed E-state index contributed by atoms with van der Waals surface area (Å²) in [5.41, 5.74) is 0.422. The summed E-state index contributed by atoms with van der Waals surface area (Å²) in [6.45, 7) is -0.573. The van der Waals surface area contributed by atoms with Crippen molar-refractivity contribution in [3.63, 3.8) is 0 Å². The van der Waals surface area contributed by atoms with E-state index in [0.717, 1.165) is 5.39 Å². The van der Waals surface area contributed by atoms with Gasteiger partial charge in [-0.1, -0.05) is 24.3 Å². The van der Waals surface area contributed by atoms with Crippen molar-refractivity contribution in [1.29, 1.82) is 5.26 Å². The van der Waals surface area contributed by atoms with E-state index in [4.69, 9.17) is 9.47 Å². The van der Waals surface area contributed by atoms with Crippen molar-refractivity contribution < 1.29 is 35.0 Å². The second-order valence-corrected chi connectivity index (χ2v) is 6.94. The van der Waals surface area contributed by atoms with Crippen LogP contribution >= 0.6 is 0 Å². The summed E-state index contributed by atoms with van der Waals surface area (Å²) in [6, 6.07) is 13.9. The van der Waals surface area contributed by atoms with Crippen molar-refractivity contribution in [3.8, 4) is 17.6 Å². The molecule has 0 saturated carbocycles. The van der Waals surface area contributed by atoms with Gasteiger partial charge >= 0.3 is 0 Å². The molecule has 1 aliphatic rings. The summed E-state index contributed by atoms with van der Waals surface area (Å²) in [4.78, 5) is 0. The second-order valence-electron chi connectivity index (χ2n) is 6.94. The molecule has 1 fully saturated rings. The summed E-state index contributed by atoms with van der Waals surface area (Å²) in [5.74, 6) is 0.0171. The van der Waals surface area contributed by atoms with E-state index in [9.17, 15) is 30.8 Å². The van der Waals surface area contributed by atoms with Crippen LogP contribution in [0, 0.1) is 11.3 Å². The first-order valence-corrected chi connectivity index (χ1v) is 9.00. The molecule has 0 radical (unpaired) electrons. The number of aliphatic hydroxyl groups is 4. The highest BCUT2D eigenvalue weighted by atomic mass is 16.7. The fraction of sp³-hybridized carbons (Fsp3) is 0.286. The van der Waals surface area contributed by atoms with Crippen LogP contribution in [0.25, 0.3) is 21.5 Å². The number of aliphatic hydroxyl groups excluding tert-OH is 4. The summed E-state index contributed by atoms with van der Waals surface area (Å²) >= 11 is 0. The van der Waals surface area contributed by atoms with Crippen molar-refractivity contribution in [1.82, 2.24) is 0 Å². The first kappa shape index (κ1) is 19.4. The smallest absolute Gasteiger partial charge is 0.229 e. The van der Waals surface area contributed by atoms with Gasteiger partial charge in [-0.25, -0.2) is 0 Å². The first-order chi connectivity index (χ1) is 13.9. The zero-order chi connectivity index (χ0) is 20.7. The Balaban J connectivity index is 1.75. The fourth-order valence-corrected chi connectivity index (χ4v) is 3.65. The minimum atomic E-state index is -1.57. The van der Waals surface area contributed by atoms with E-state index in [-0.39, 0.29) is 11.5 Å². The van der Waals surface area contributed by atoms with Crippen molar-refractivity contribution >= 4 is 21.5 Å². The summed E-state index contributed by atoms with van der Waals surface area (Å²) in [7, 11) is 0. The molecule has 1 saturated heterocycles. The number of hydrogen-bond acceptors (Lipinski definition) is 8. The van der Waals surface area contributed by atoms with E-state index < -0.39 is 37.3 Å². The van der Waals surface area contributed by atoms with Crippen LogP contribution in [0.4, 0.5) is 0 Å². The number of benzene rings is 3. The molecule has 1 heterocycles. The average molecular weight is 397 g/mol. The largest absolute Gasteiger partial charge is 0.507 e. The molecule has 0 aliphatic carbocycles. The number of rotatable bonds is 3. The van der Waals surface area contributed by atoms with Gasteiger partial charge in [0.2, 0.25) is 6.29 Å². The Hall–Kier alpha value is -2.93. The standard InChI is InChI=1S/C21H19NO7/c22-8-12-3-1-2-10-4-5-11-6-13(7-14(24)17(11)16(10)12)28-21-20(27)19(26)18(25)15(9-23)29-21/h1-7,15,18-21,23-27H,9H2/t15-,18-,19+,20-,21-/m1/s1. The highest BCUT2D eigenvalue weighted by Crippen LogP contribution is 2.38. The minimum Gasteiger partial charge on any atom is -0.507 e. The predicted octanol–water partition coefficient (Wildman–Crippen LogP) is 0.749. The predicted molar refractivity (Wildman–Crippen MR) is 102 cm³/mol. The van der Waals surface area contributed by atoms with E-state index in [0.29, 0.717) is 21.7 Å². The number of hydrogen-bond donors (Lipinski definition) is 5. The molecule has 0 spiro atoms. The number of aromatic hydroxyl groups is 1. The third-order valence-electron chi connectivity index (χ3n) is 5.13. The van der Waals surface area contributed by atoms with Gasteiger partial charge in [0.05, 0.1) is 18.2 Å². The maximum absolute atomic E-state index is 10.6. The summed E-state index contributed by atoms with van der Waals surface area (Å²) in [6.07, 6.45) is -7.09. The molecule has 1 aliphatic heterocycles. The molecule has 29 heavy (non-hydrogen) atoms. The van der Waals surface area contributed by atoms with E-state index in [1.54, 1.807) is 24.3 Å². The van der Waals surface area contributed by atoms with Gasteiger partial charge in [-0.05, 0) is 22.9 Å². The number of ether oxygens (including phenoxy) is 2. The fourth-order valence-electron chi connectivity index (χ4n) is 3.65. The lowest BCUT2D eigenvalue weighted by Gasteiger charge is -2.39. The minimum absolute atomic E-state index is 0.129. The Labute approximate surface area is 165 Å². The third-order valence-corrected chi connectivity index (χ3v) is 5.13. The summed E-state index contributed by atoms with van der Waals surface area (Å²) < 4.78 is 10.9. The van der Waals surface area contributed by atoms with Crippen LogP contribution in [0.15, 0.2) is 42.5 Å². The Morgan fingerprint density at radius 2 is 1.72 bits per heavy atom. The normalized spacial score (nSPS) is 27.1. The van der Waals surface area contributed by atoms with Crippen LogP contribution in [0.5, 0.6) is 11.5 Å². The van der Waals surface area contributed by atoms with Crippen LogP contribution in [-0.4, -0.2) is 62.8 Å². The number of fused-ring (bicyclic) bond motifs is 3. The van der Waals surface area contributed by atoms with Crippen LogP contribution in [-0.2, 0) is 4.74 Å². The topological polar surface area (TPSA) is 143 Å². The summed E-state index contributed by atoms with van der Waals surface area (Å²) in [5, 5.41) is 61.7. The molecule has 3 aromatic rings. The number of nitrogens with zero attached hydrogens (tertiary/aromatic N) is 1. The van der Waals surface area contributed by atoms with E-state index in [1.807, 2.05) is 12.1 Å². The van der Waals surface area contributed by atoms with Gasteiger partial charge < -0.3 is 35.0 Å². The Kier molecular flexibility index (Phi) is 5.00. The molecule has 5 atom stereocenters. The first-order valence-electron chi connectivity index (χ1n) is 9.00. The molecule has 3 aromatic carbocycles. The lowest BCUT2D eigenvalue weighted by molar-refractivity contribution is -0.277. The van der Waals surface area contributed by atoms with Crippen LogP contribution < -0.4 is 4.74 Å². The van der Waals surface area contributed by atoms with Gasteiger partial charge in [0.1, 0.15) is 35.9 Å². The van der Waals surface area contributed by atoms with Gasteiger partial charge in [0.25, 0.3) is 0 Å². The highest BCUT2D eigenvalue weighted by Gasteiger charge is 2.44. The molecular formula is C21H19NO7. The van der Waals surface area contributed by atoms with Crippen molar-refractivity contribution in [2.45, 2.75) is 30.7 Å². The van der Waals surface area contributed by atoms with Gasteiger partial charge in [-0.15, -0.1) is 0 Å². The van der Waals surface area contributed by atoms with Gasteiger partial charge in [-0.3, -0.25) is 0 Å². The van der Waals surface area contributed by atoms with Gasteiger partial charge in [-0.2, -0.15) is 5.26 Å². The maximum Gasteiger partial charge on any atom is 0.229 e. The molecule has 4 rings (SSSR count). The van der Waals surface area contributed by atoms with Crippen molar-refractivity contribution in [3.05, 3.63) is 48.0 Å². The zero-order valence-corrected chi connectivity index (χ0v) is 15.1. The number of phenolic OH excluding ortho intramolecular Hbond substituents is 1.